The van der Waals surface area contributed by atoms with Gasteiger partial charge in [0.1, 0.15) is 0 Å². The van der Waals surface area contributed by atoms with Crippen LogP contribution in [0.25, 0.3) is 5.69 Å². The van der Waals surface area contributed by atoms with Crippen LogP contribution in [0.4, 0.5) is 5.69 Å². The quantitative estimate of drug-likeness (QED) is 0.186. The summed E-state index contributed by atoms with van der Waals surface area (Å²) in [7, 11) is 0. The number of benzene rings is 2. The number of hydrogen-bond acceptors (Lipinski definition) is 3. The van der Waals surface area contributed by atoms with Crippen LogP contribution in [0.15, 0.2) is 79.0 Å². The number of hydrogen-bond donors (Lipinski definition) is 2. The first-order valence-electron chi connectivity index (χ1n) is 13.5. The SMILES string of the molecule is CCc1cccc(C)c1-n1c(C)cc(C2C(c3ccccn3)NC(=S)N2CCCNc2ccccc2)c1C. The molecule has 1 fully saturated rings. The van der Waals surface area contributed by atoms with E-state index in [0.29, 0.717) is 0 Å². The highest BCUT2D eigenvalue weighted by atomic mass is 32.1. The molecule has 3 heterocycles. The van der Waals surface area contributed by atoms with Crippen LogP contribution >= 0.6 is 12.2 Å². The number of rotatable bonds is 9. The number of aromatic nitrogens is 2. The first-order chi connectivity index (χ1) is 18.5. The molecule has 6 heteroatoms. The van der Waals surface area contributed by atoms with Crippen molar-refractivity contribution in [3.8, 4) is 5.69 Å². The fourth-order valence-electron chi connectivity index (χ4n) is 5.78. The van der Waals surface area contributed by atoms with Gasteiger partial charge < -0.3 is 20.1 Å². The smallest absolute Gasteiger partial charge is 0.170 e. The van der Waals surface area contributed by atoms with Crippen molar-refractivity contribution >= 4 is 23.0 Å². The van der Waals surface area contributed by atoms with Gasteiger partial charge in [-0.15, -0.1) is 0 Å². The Morgan fingerprint density at radius 3 is 2.50 bits per heavy atom. The van der Waals surface area contributed by atoms with E-state index in [1.165, 1.54) is 33.8 Å². The summed E-state index contributed by atoms with van der Waals surface area (Å²) in [4.78, 5) is 7.10. The largest absolute Gasteiger partial charge is 0.385 e. The van der Waals surface area contributed by atoms with E-state index >= 15 is 0 Å². The Morgan fingerprint density at radius 2 is 1.76 bits per heavy atom. The maximum absolute atomic E-state index is 5.93. The molecule has 4 aromatic rings. The van der Waals surface area contributed by atoms with Gasteiger partial charge in [0.2, 0.25) is 0 Å². The molecule has 0 radical (unpaired) electrons. The first-order valence-corrected chi connectivity index (χ1v) is 13.9. The zero-order valence-corrected chi connectivity index (χ0v) is 23.6. The first kappa shape index (κ1) is 26.0. The van der Waals surface area contributed by atoms with Crippen molar-refractivity contribution in [2.24, 2.45) is 0 Å². The fraction of sp³-hybridized carbons (Fsp3) is 0.312. The van der Waals surface area contributed by atoms with E-state index in [2.05, 4.69) is 108 Å². The van der Waals surface area contributed by atoms with Gasteiger partial charge in [-0.05, 0) is 92.9 Å². The minimum atomic E-state index is -0.0118. The van der Waals surface area contributed by atoms with E-state index in [1.54, 1.807) is 0 Å². The molecule has 0 spiro atoms. The third-order valence-electron chi connectivity index (χ3n) is 7.59. The summed E-state index contributed by atoms with van der Waals surface area (Å²) in [5.41, 5.74) is 9.92. The predicted molar refractivity (Wildman–Crippen MR) is 161 cm³/mol. The van der Waals surface area contributed by atoms with Gasteiger partial charge in [0, 0.05) is 36.4 Å². The lowest BCUT2D eigenvalue weighted by Gasteiger charge is -2.28. The van der Waals surface area contributed by atoms with Crippen LogP contribution in [-0.4, -0.2) is 32.7 Å². The number of anilines is 1. The van der Waals surface area contributed by atoms with Crippen LogP contribution in [-0.2, 0) is 6.42 Å². The van der Waals surface area contributed by atoms with Crippen LogP contribution in [0.3, 0.4) is 0 Å². The average molecular weight is 524 g/mol. The Hall–Kier alpha value is -3.64. The van der Waals surface area contributed by atoms with Crippen molar-refractivity contribution in [1.82, 2.24) is 19.8 Å². The van der Waals surface area contributed by atoms with Crippen LogP contribution in [0.2, 0.25) is 0 Å². The molecule has 196 valence electrons. The molecule has 2 unspecified atom stereocenters. The van der Waals surface area contributed by atoms with Crippen molar-refractivity contribution in [1.29, 1.82) is 0 Å². The highest BCUT2D eigenvalue weighted by molar-refractivity contribution is 7.80. The Morgan fingerprint density at radius 1 is 0.974 bits per heavy atom. The molecule has 2 aromatic carbocycles. The lowest BCUT2D eigenvalue weighted by molar-refractivity contribution is 0.315. The number of aryl methyl sites for hydroxylation is 3. The zero-order chi connectivity index (χ0) is 26.6. The number of thiocarbonyl (C=S) groups is 1. The maximum Gasteiger partial charge on any atom is 0.170 e. The number of pyridine rings is 1. The summed E-state index contributed by atoms with van der Waals surface area (Å²) in [6.45, 7) is 10.6. The van der Waals surface area contributed by atoms with Crippen LogP contribution in [0.5, 0.6) is 0 Å². The van der Waals surface area contributed by atoms with Crippen LogP contribution < -0.4 is 10.6 Å². The lowest BCUT2D eigenvalue weighted by Crippen LogP contribution is -2.31. The standard InChI is InChI=1S/C32H37N5S/c1-5-25-14-11-13-22(2)30(25)37-23(3)21-27(24(37)4)31-29(28-17-9-10-18-34-28)35-32(38)36(31)20-12-19-33-26-15-7-6-8-16-26/h6-11,13-18,21,29,31,33H,5,12,19-20H2,1-4H3,(H,35,38). The third-order valence-corrected chi connectivity index (χ3v) is 7.94. The van der Waals surface area contributed by atoms with Gasteiger partial charge in [0.05, 0.1) is 23.5 Å². The van der Waals surface area contributed by atoms with Crippen LogP contribution in [0, 0.1) is 20.8 Å². The Balaban J connectivity index is 1.50. The predicted octanol–water partition coefficient (Wildman–Crippen LogP) is 6.83. The molecule has 2 aromatic heterocycles. The van der Waals surface area contributed by atoms with Crippen molar-refractivity contribution in [2.45, 2.75) is 52.6 Å². The van der Waals surface area contributed by atoms with Crippen molar-refractivity contribution in [2.75, 3.05) is 18.4 Å². The molecule has 0 aliphatic carbocycles. The Labute approximate surface area is 231 Å². The fourth-order valence-corrected chi connectivity index (χ4v) is 6.11. The molecule has 0 saturated carbocycles. The maximum atomic E-state index is 5.93. The second-order valence-electron chi connectivity index (χ2n) is 10.1. The number of nitrogens with zero attached hydrogens (tertiary/aromatic N) is 3. The van der Waals surface area contributed by atoms with E-state index in [9.17, 15) is 0 Å². The normalized spacial score (nSPS) is 17.1. The molecule has 1 aliphatic heterocycles. The van der Waals surface area contributed by atoms with Gasteiger partial charge in [0.25, 0.3) is 0 Å². The van der Waals surface area contributed by atoms with E-state index in [1.807, 2.05) is 18.3 Å². The van der Waals surface area contributed by atoms with Gasteiger partial charge in [-0.25, -0.2) is 0 Å². The van der Waals surface area contributed by atoms with Gasteiger partial charge >= 0.3 is 0 Å². The minimum Gasteiger partial charge on any atom is -0.385 e. The lowest BCUT2D eigenvalue weighted by atomic mass is 9.96. The summed E-state index contributed by atoms with van der Waals surface area (Å²) in [6.07, 6.45) is 3.84. The molecule has 0 bridgehead atoms. The molecule has 38 heavy (non-hydrogen) atoms. The summed E-state index contributed by atoms with van der Waals surface area (Å²) in [5, 5.41) is 7.95. The van der Waals surface area contributed by atoms with Crippen molar-refractivity contribution in [3.05, 3.63) is 113 Å². The Bertz CT molecular complexity index is 1400. The molecule has 2 atom stereocenters. The molecular formula is C32H37N5S. The highest BCUT2D eigenvalue weighted by Crippen LogP contribution is 2.42. The molecule has 0 amide bonds. The molecule has 1 saturated heterocycles. The molecule has 1 aliphatic rings. The second-order valence-corrected chi connectivity index (χ2v) is 10.5. The topological polar surface area (TPSA) is 45.1 Å². The van der Waals surface area contributed by atoms with Gasteiger partial charge in [-0.3, -0.25) is 4.98 Å². The highest BCUT2D eigenvalue weighted by Gasteiger charge is 2.41. The van der Waals surface area contributed by atoms with Crippen LogP contribution in [0.1, 0.15) is 59.2 Å². The molecule has 2 N–H and O–H groups in total. The summed E-state index contributed by atoms with van der Waals surface area (Å²) in [5.74, 6) is 0. The van der Waals surface area contributed by atoms with Crippen molar-refractivity contribution in [3.63, 3.8) is 0 Å². The number of para-hydroxylation sites is 2. The van der Waals surface area contributed by atoms with Crippen molar-refractivity contribution < 1.29 is 0 Å². The summed E-state index contributed by atoms with van der Waals surface area (Å²) in [6, 6.07) is 25.5. The van der Waals surface area contributed by atoms with Gasteiger partial charge in [-0.2, -0.15) is 0 Å². The molecule has 5 nitrogen and oxygen atoms in total. The monoisotopic (exact) mass is 523 g/mol. The summed E-state index contributed by atoms with van der Waals surface area (Å²) < 4.78 is 2.44. The average Bonchev–Trinajstić information content (AvgIpc) is 3.42. The summed E-state index contributed by atoms with van der Waals surface area (Å²) >= 11 is 5.93. The molecular weight excluding hydrogens is 486 g/mol. The van der Waals surface area contributed by atoms with E-state index < -0.39 is 0 Å². The van der Waals surface area contributed by atoms with Gasteiger partial charge in [-0.1, -0.05) is 49.4 Å². The third kappa shape index (κ3) is 5.05. The minimum absolute atomic E-state index is 0.0118. The Kier molecular flexibility index (Phi) is 7.79. The van der Waals surface area contributed by atoms with Gasteiger partial charge in [0.15, 0.2) is 5.11 Å². The number of nitrogens with one attached hydrogen (secondary N) is 2. The van der Waals surface area contributed by atoms with E-state index in [4.69, 9.17) is 17.2 Å². The second kappa shape index (κ2) is 11.4. The molecule has 5 rings (SSSR count). The zero-order valence-electron chi connectivity index (χ0n) is 22.7. The van der Waals surface area contributed by atoms with E-state index in [0.717, 1.165) is 42.4 Å². The van der Waals surface area contributed by atoms with E-state index in [-0.39, 0.29) is 12.1 Å².